The van der Waals surface area contributed by atoms with Gasteiger partial charge < -0.3 is 15.9 Å². The van der Waals surface area contributed by atoms with E-state index in [2.05, 4.69) is 0 Å². The number of nitriles is 1. The van der Waals surface area contributed by atoms with Crippen molar-refractivity contribution in [1.82, 2.24) is 0 Å². The molecule has 0 saturated carbocycles. The third kappa shape index (κ3) is 2.09. The van der Waals surface area contributed by atoms with E-state index in [-0.39, 0.29) is 22.4 Å². The van der Waals surface area contributed by atoms with Gasteiger partial charge in [-0.15, -0.1) is 0 Å². The fourth-order valence-electron chi connectivity index (χ4n) is 2.02. The fraction of sp³-hybridized carbons (Fsp3) is 0.0667. The summed E-state index contributed by atoms with van der Waals surface area (Å²) in [6, 6.07) is 13.8. The monoisotopic (exact) mass is 268 g/mol. The maximum Gasteiger partial charge on any atom is 0.258 e. The first kappa shape index (κ1) is 13.6. The van der Waals surface area contributed by atoms with Crippen LogP contribution < -0.4 is 5.73 Å². The molecule has 2 aromatic rings. The van der Waals surface area contributed by atoms with Gasteiger partial charge in [0.15, 0.2) is 5.60 Å². The van der Waals surface area contributed by atoms with Gasteiger partial charge in [0, 0.05) is 5.56 Å². The molecule has 1 amide bonds. The molecular weight excluding hydrogens is 256 g/mol. The number of amides is 1. The van der Waals surface area contributed by atoms with Gasteiger partial charge in [-0.1, -0.05) is 36.4 Å². The molecule has 0 aliphatic rings. The summed E-state index contributed by atoms with van der Waals surface area (Å²) < 4.78 is 0. The topological polar surface area (TPSA) is 107 Å². The van der Waals surface area contributed by atoms with E-state index in [1.807, 2.05) is 6.07 Å². The van der Waals surface area contributed by atoms with Gasteiger partial charge in [-0.3, -0.25) is 4.79 Å². The van der Waals surface area contributed by atoms with Crippen molar-refractivity contribution in [2.45, 2.75) is 5.60 Å². The van der Waals surface area contributed by atoms with Crippen LogP contribution in [-0.4, -0.2) is 16.1 Å². The number of phenolic OH excluding ortho intramolecular Hbond substituents is 1. The van der Waals surface area contributed by atoms with Crippen LogP contribution in [0.1, 0.15) is 16.7 Å². The number of phenols is 1. The predicted molar refractivity (Wildman–Crippen MR) is 71.5 cm³/mol. The van der Waals surface area contributed by atoms with E-state index in [0.29, 0.717) is 0 Å². The van der Waals surface area contributed by atoms with E-state index in [4.69, 9.17) is 11.0 Å². The van der Waals surface area contributed by atoms with Crippen LogP contribution in [0.3, 0.4) is 0 Å². The Hall–Kier alpha value is -2.84. The van der Waals surface area contributed by atoms with Crippen LogP contribution >= 0.6 is 0 Å². The second kappa shape index (κ2) is 5.03. The molecule has 0 aliphatic carbocycles. The smallest absolute Gasteiger partial charge is 0.258 e. The van der Waals surface area contributed by atoms with Crippen LogP contribution in [0.5, 0.6) is 5.75 Å². The molecule has 0 fully saturated rings. The van der Waals surface area contributed by atoms with Gasteiger partial charge in [0.1, 0.15) is 5.75 Å². The lowest BCUT2D eigenvalue weighted by atomic mass is 9.84. The summed E-state index contributed by atoms with van der Waals surface area (Å²) in [6.45, 7) is 0. The van der Waals surface area contributed by atoms with E-state index < -0.39 is 11.5 Å². The molecule has 1 unspecified atom stereocenters. The third-order valence-corrected chi connectivity index (χ3v) is 3.06. The highest BCUT2D eigenvalue weighted by Gasteiger charge is 2.40. The molecule has 0 radical (unpaired) electrons. The third-order valence-electron chi connectivity index (χ3n) is 3.06. The molecule has 0 heterocycles. The van der Waals surface area contributed by atoms with Crippen molar-refractivity contribution in [3.8, 4) is 11.8 Å². The molecule has 100 valence electrons. The highest BCUT2D eigenvalue weighted by Crippen LogP contribution is 2.35. The van der Waals surface area contributed by atoms with Crippen molar-refractivity contribution in [2.75, 3.05) is 0 Å². The van der Waals surface area contributed by atoms with Crippen LogP contribution in [0.25, 0.3) is 0 Å². The van der Waals surface area contributed by atoms with Crippen LogP contribution in [0.2, 0.25) is 0 Å². The number of aromatic hydroxyl groups is 1. The predicted octanol–water partition coefficient (Wildman–Crippen LogP) is 0.985. The first-order valence-electron chi connectivity index (χ1n) is 5.81. The van der Waals surface area contributed by atoms with Crippen molar-refractivity contribution in [1.29, 1.82) is 5.26 Å². The molecule has 0 saturated heterocycles. The summed E-state index contributed by atoms with van der Waals surface area (Å²) in [5.74, 6) is -1.38. The fourth-order valence-corrected chi connectivity index (χ4v) is 2.02. The number of nitrogens with two attached hydrogens (primary N) is 1. The number of benzene rings is 2. The number of primary amides is 1. The minimum atomic E-state index is -2.15. The Bertz CT molecular complexity index is 692. The molecule has 1 atom stereocenters. The Balaban J connectivity index is 2.67. The Morgan fingerprint density at radius 3 is 2.35 bits per heavy atom. The minimum Gasteiger partial charge on any atom is -0.507 e. The van der Waals surface area contributed by atoms with Crippen LogP contribution in [0.4, 0.5) is 0 Å². The molecule has 2 aromatic carbocycles. The molecule has 0 spiro atoms. The Morgan fingerprint density at radius 2 is 1.85 bits per heavy atom. The SMILES string of the molecule is N#Cc1ccc(C(O)(C(N)=O)c2ccccc2)c(O)c1. The van der Waals surface area contributed by atoms with Crippen molar-refractivity contribution < 1.29 is 15.0 Å². The number of aliphatic hydroxyl groups is 1. The molecule has 4 N–H and O–H groups in total. The maximum absolute atomic E-state index is 11.7. The molecule has 20 heavy (non-hydrogen) atoms. The van der Waals surface area contributed by atoms with Gasteiger partial charge in [0.2, 0.25) is 0 Å². The largest absolute Gasteiger partial charge is 0.507 e. The van der Waals surface area contributed by atoms with Gasteiger partial charge in [0.05, 0.1) is 11.6 Å². The van der Waals surface area contributed by atoms with Gasteiger partial charge in [0.25, 0.3) is 5.91 Å². The van der Waals surface area contributed by atoms with Crippen molar-refractivity contribution >= 4 is 5.91 Å². The number of carbonyl (C=O) groups is 1. The van der Waals surface area contributed by atoms with Crippen LogP contribution in [0.15, 0.2) is 48.5 Å². The summed E-state index contributed by atoms with van der Waals surface area (Å²) in [5.41, 5.74) is 3.55. The van der Waals surface area contributed by atoms with Crippen molar-refractivity contribution in [2.24, 2.45) is 5.73 Å². The lowest BCUT2D eigenvalue weighted by Gasteiger charge is -2.26. The number of rotatable bonds is 3. The van der Waals surface area contributed by atoms with Gasteiger partial charge in [-0.2, -0.15) is 5.26 Å². The first-order chi connectivity index (χ1) is 9.50. The second-order valence-corrected chi connectivity index (χ2v) is 4.28. The number of nitrogens with zero attached hydrogens (tertiary/aromatic N) is 1. The van der Waals surface area contributed by atoms with E-state index in [0.717, 1.165) is 0 Å². The molecule has 2 rings (SSSR count). The van der Waals surface area contributed by atoms with Gasteiger partial charge in [-0.25, -0.2) is 0 Å². The summed E-state index contributed by atoms with van der Waals surface area (Å²) in [7, 11) is 0. The maximum atomic E-state index is 11.7. The summed E-state index contributed by atoms with van der Waals surface area (Å²) in [5, 5.41) is 29.4. The highest BCUT2D eigenvalue weighted by molar-refractivity contribution is 5.89. The summed E-state index contributed by atoms with van der Waals surface area (Å²) >= 11 is 0. The van der Waals surface area contributed by atoms with Crippen LogP contribution in [0, 0.1) is 11.3 Å². The summed E-state index contributed by atoms with van der Waals surface area (Å²) in [6.07, 6.45) is 0. The zero-order chi connectivity index (χ0) is 14.8. The zero-order valence-electron chi connectivity index (χ0n) is 10.4. The molecule has 0 aromatic heterocycles. The Labute approximate surface area is 115 Å². The number of hydrogen-bond acceptors (Lipinski definition) is 4. The average molecular weight is 268 g/mol. The molecule has 0 aliphatic heterocycles. The quantitative estimate of drug-likeness (QED) is 0.771. The number of carbonyl (C=O) groups excluding carboxylic acids is 1. The number of hydrogen-bond donors (Lipinski definition) is 3. The first-order valence-corrected chi connectivity index (χ1v) is 5.81. The zero-order valence-corrected chi connectivity index (χ0v) is 10.4. The molecule has 5 nitrogen and oxygen atoms in total. The van der Waals surface area contributed by atoms with Gasteiger partial charge in [-0.05, 0) is 17.7 Å². The molecule has 0 bridgehead atoms. The minimum absolute atomic E-state index is 0.0600. The van der Waals surface area contributed by atoms with E-state index >= 15 is 0 Å². The average Bonchev–Trinajstić information content (AvgIpc) is 2.47. The van der Waals surface area contributed by atoms with E-state index in [9.17, 15) is 15.0 Å². The van der Waals surface area contributed by atoms with E-state index in [1.165, 1.54) is 30.3 Å². The Morgan fingerprint density at radius 1 is 1.20 bits per heavy atom. The van der Waals surface area contributed by atoms with Crippen molar-refractivity contribution in [3.63, 3.8) is 0 Å². The normalized spacial score (nSPS) is 13.2. The van der Waals surface area contributed by atoms with Crippen LogP contribution in [-0.2, 0) is 10.4 Å². The van der Waals surface area contributed by atoms with Crippen molar-refractivity contribution in [3.05, 3.63) is 65.2 Å². The van der Waals surface area contributed by atoms with Gasteiger partial charge >= 0.3 is 0 Å². The standard InChI is InChI=1S/C15H12N2O3/c16-9-10-6-7-12(13(18)8-10)15(20,14(17)19)11-4-2-1-3-5-11/h1-8,18,20H,(H2,17,19). The highest BCUT2D eigenvalue weighted by atomic mass is 16.3. The summed E-state index contributed by atoms with van der Waals surface area (Å²) in [4.78, 5) is 11.7. The second-order valence-electron chi connectivity index (χ2n) is 4.28. The Kier molecular flexibility index (Phi) is 3.42. The molecular formula is C15H12N2O3. The van der Waals surface area contributed by atoms with E-state index in [1.54, 1.807) is 18.2 Å². The lowest BCUT2D eigenvalue weighted by Crippen LogP contribution is -2.42. The molecule has 5 heteroatoms. The lowest BCUT2D eigenvalue weighted by molar-refractivity contribution is -0.133.